The molecule has 0 saturated carbocycles. The number of para-hydroxylation sites is 4. The largest absolute Gasteiger partial charge is 0.457 e. The van der Waals surface area contributed by atoms with Crippen LogP contribution in [0, 0.1) is 0 Å². The van der Waals surface area contributed by atoms with Crippen molar-refractivity contribution in [3.63, 3.8) is 0 Å². The van der Waals surface area contributed by atoms with Gasteiger partial charge in [-0.3, -0.25) is 0 Å². The van der Waals surface area contributed by atoms with Crippen molar-refractivity contribution in [1.82, 2.24) is 4.57 Å². The highest BCUT2D eigenvalue weighted by Gasteiger charge is 2.49. The second-order valence-corrected chi connectivity index (χ2v) is 18.4. The van der Waals surface area contributed by atoms with Crippen LogP contribution in [0.2, 0.25) is 0 Å². The zero-order valence-corrected chi connectivity index (χ0v) is 36.1. The normalized spacial score (nSPS) is 14.4. The van der Waals surface area contributed by atoms with Gasteiger partial charge in [0.1, 0.15) is 11.5 Å². The van der Waals surface area contributed by atoms with Gasteiger partial charge >= 0.3 is 0 Å². The van der Waals surface area contributed by atoms with E-state index in [1.807, 2.05) is 0 Å². The Morgan fingerprint density at radius 2 is 0.954 bits per heavy atom. The molecule has 0 saturated heterocycles. The van der Waals surface area contributed by atoms with Crippen LogP contribution >= 0.6 is 0 Å². The lowest BCUT2D eigenvalue weighted by Gasteiger charge is -2.45. The Bertz CT molecular complexity index is 3750. The van der Waals surface area contributed by atoms with E-state index in [0.29, 0.717) is 0 Å². The van der Waals surface area contributed by atoms with Crippen LogP contribution < -0.4 is 9.64 Å². The highest BCUT2D eigenvalue weighted by Crippen LogP contribution is 2.62. The van der Waals surface area contributed by atoms with E-state index in [9.17, 15) is 0 Å². The van der Waals surface area contributed by atoms with Gasteiger partial charge in [-0.1, -0.05) is 172 Å². The van der Waals surface area contributed by atoms with E-state index in [1.165, 1.54) is 77.1 Å². The van der Waals surface area contributed by atoms with Gasteiger partial charge in [-0.25, -0.2) is 0 Å². The van der Waals surface area contributed by atoms with Crippen molar-refractivity contribution in [2.45, 2.75) is 24.7 Å². The molecule has 0 amide bonds. The fourth-order valence-corrected chi connectivity index (χ4v) is 12.1. The molecule has 0 fully saturated rings. The molecule has 14 rings (SSSR count). The highest BCUT2D eigenvalue weighted by atomic mass is 16.5. The summed E-state index contributed by atoms with van der Waals surface area (Å²) in [6.07, 6.45) is 0. The van der Waals surface area contributed by atoms with E-state index >= 15 is 0 Å². The zero-order valence-electron chi connectivity index (χ0n) is 36.1. The molecule has 1 aromatic heterocycles. The van der Waals surface area contributed by atoms with Crippen LogP contribution in [0.4, 0.5) is 17.1 Å². The maximum atomic E-state index is 6.75. The minimum absolute atomic E-state index is 0.108. The molecule has 0 N–H and O–H groups in total. The number of anilines is 3. The molecule has 0 radical (unpaired) electrons. The van der Waals surface area contributed by atoms with Crippen LogP contribution in [0.5, 0.6) is 11.5 Å². The summed E-state index contributed by atoms with van der Waals surface area (Å²) in [7, 11) is 0. The molecule has 0 unspecified atom stereocenters. The summed E-state index contributed by atoms with van der Waals surface area (Å²) < 4.78 is 9.17. The third-order valence-corrected chi connectivity index (χ3v) is 14.8. The van der Waals surface area contributed by atoms with E-state index in [-0.39, 0.29) is 5.41 Å². The third kappa shape index (κ3) is 4.79. The Morgan fingerprint density at radius 1 is 0.385 bits per heavy atom. The number of fused-ring (bicyclic) bond motifs is 14. The molecule has 65 heavy (non-hydrogen) atoms. The number of hydrogen-bond acceptors (Lipinski definition) is 2. The number of ether oxygens (including phenoxy) is 1. The van der Waals surface area contributed by atoms with Crippen LogP contribution in [-0.4, -0.2) is 4.57 Å². The number of hydrogen-bond donors (Lipinski definition) is 0. The number of rotatable bonds is 4. The predicted octanol–water partition coefficient (Wildman–Crippen LogP) is 16.2. The van der Waals surface area contributed by atoms with Gasteiger partial charge in [0, 0.05) is 49.8 Å². The third-order valence-electron chi connectivity index (χ3n) is 14.8. The van der Waals surface area contributed by atoms with Crippen LogP contribution in [0.1, 0.15) is 47.2 Å². The van der Waals surface area contributed by atoms with E-state index in [1.54, 1.807) is 0 Å². The van der Waals surface area contributed by atoms with Crippen LogP contribution in [0.25, 0.3) is 60.5 Å². The summed E-state index contributed by atoms with van der Waals surface area (Å²) in [5, 5.41) is 4.92. The predicted molar refractivity (Wildman–Crippen MR) is 268 cm³/mol. The smallest absolute Gasteiger partial charge is 0.132 e. The van der Waals surface area contributed by atoms with Gasteiger partial charge in [-0.15, -0.1) is 0 Å². The van der Waals surface area contributed by atoms with E-state index in [0.717, 1.165) is 45.4 Å². The Balaban J connectivity index is 1.09. The van der Waals surface area contributed by atoms with Crippen LogP contribution in [0.3, 0.4) is 0 Å². The first-order valence-electron chi connectivity index (χ1n) is 22.7. The molecule has 1 aliphatic heterocycles. The summed E-state index contributed by atoms with van der Waals surface area (Å²) in [6.45, 7) is 4.72. The zero-order chi connectivity index (χ0) is 43.0. The quantitative estimate of drug-likeness (QED) is 0.176. The lowest BCUT2D eigenvalue weighted by atomic mass is 9.58. The Morgan fingerprint density at radius 3 is 1.74 bits per heavy atom. The molecule has 1 spiro atoms. The fourth-order valence-electron chi connectivity index (χ4n) is 12.1. The number of benzene rings is 10. The Labute approximate surface area is 378 Å². The van der Waals surface area contributed by atoms with Crippen LogP contribution in [-0.2, 0) is 10.8 Å². The maximum absolute atomic E-state index is 6.75. The lowest BCUT2D eigenvalue weighted by molar-refractivity contribution is 0.435. The number of aromatic nitrogens is 1. The fraction of sp³-hybridized carbons (Fsp3) is 0.0645. The molecular formula is C62H42N2O. The average molecular weight is 831 g/mol. The van der Waals surface area contributed by atoms with Gasteiger partial charge in [-0.2, -0.15) is 0 Å². The van der Waals surface area contributed by atoms with Gasteiger partial charge in [0.2, 0.25) is 0 Å². The van der Waals surface area contributed by atoms with Crippen molar-refractivity contribution in [2.75, 3.05) is 4.90 Å². The molecule has 0 bridgehead atoms. The second kappa shape index (κ2) is 13.2. The molecule has 2 aliphatic carbocycles. The Hall–Kier alpha value is -8.14. The average Bonchev–Trinajstić information content (AvgIpc) is 3.81. The van der Waals surface area contributed by atoms with Gasteiger partial charge < -0.3 is 14.2 Å². The summed E-state index contributed by atoms with van der Waals surface area (Å²) in [5.41, 5.74) is 18.8. The molecule has 11 aromatic rings. The van der Waals surface area contributed by atoms with Crippen LogP contribution in [0.15, 0.2) is 218 Å². The lowest BCUT2D eigenvalue weighted by Crippen LogP contribution is -2.36. The standard InChI is InChI=1S/C62H42N2O/c1-61(2)49-23-9-6-20-43(49)48-37-40(32-35-50(48)61)63(41-31-33-45-44-21-8-13-28-55(44)64(57(45)38-41)39-17-4-3-5-18-39)56-36-34-46-42-19-7-10-24-51(42)62(54-27-16-22-47(56)60(46)54)52-25-11-14-29-58(52)65-59-30-15-12-26-53(59)62/h3-38H,1-2H3. The minimum Gasteiger partial charge on any atom is -0.457 e. The Kier molecular flexibility index (Phi) is 7.38. The molecule has 0 atom stereocenters. The molecule has 3 nitrogen and oxygen atoms in total. The molecular weight excluding hydrogens is 789 g/mol. The monoisotopic (exact) mass is 830 g/mol. The summed E-state index contributed by atoms with van der Waals surface area (Å²) in [4.78, 5) is 2.52. The molecule has 3 aliphatic rings. The van der Waals surface area contributed by atoms with Crippen molar-refractivity contribution in [1.29, 1.82) is 0 Å². The molecule has 306 valence electrons. The van der Waals surface area contributed by atoms with E-state index in [4.69, 9.17) is 4.74 Å². The van der Waals surface area contributed by atoms with Crippen molar-refractivity contribution in [2.24, 2.45) is 0 Å². The van der Waals surface area contributed by atoms with Crippen molar-refractivity contribution >= 4 is 49.6 Å². The minimum atomic E-state index is -0.615. The molecule has 2 heterocycles. The topological polar surface area (TPSA) is 17.4 Å². The molecule has 10 aromatic carbocycles. The van der Waals surface area contributed by atoms with E-state index < -0.39 is 5.41 Å². The SMILES string of the molecule is CC1(C)c2ccccc2-c2cc(N(c3ccc4c5ccccc5n(-c5ccccc5)c4c3)c3ccc4c5c(cccc35)C3(c5ccccc5Oc5ccccc53)c3ccccc3-4)ccc21. The van der Waals surface area contributed by atoms with Crippen molar-refractivity contribution < 1.29 is 4.74 Å². The van der Waals surface area contributed by atoms with E-state index in [2.05, 4.69) is 242 Å². The van der Waals surface area contributed by atoms with Crippen molar-refractivity contribution in [3.05, 3.63) is 252 Å². The number of nitrogens with zero attached hydrogens (tertiary/aromatic N) is 2. The highest BCUT2D eigenvalue weighted by molar-refractivity contribution is 6.14. The van der Waals surface area contributed by atoms with Crippen molar-refractivity contribution in [3.8, 4) is 39.4 Å². The summed E-state index contributed by atoms with van der Waals surface area (Å²) in [6, 6.07) is 80.8. The first-order chi connectivity index (χ1) is 32.0. The second-order valence-electron chi connectivity index (χ2n) is 18.4. The molecule has 3 heteroatoms. The van der Waals surface area contributed by atoms with Gasteiger partial charge in [0.15, 0.2) is 0 Å². The first-order valence-corrected chi connectivity index (χ1v) is 22.7. The summed E-state index contributed by atoms with van der Waals surface area (Å²) in [5.74, 6) is 1.78. The van der Waals surface area contributed by atoms with Gasteiger partial charge in [0.25, 0.3) is 0 Å². The maximum Gasteiger partial charge on any atom is 0.132 e. The van der Waals surface area contributed by atoms with Gasteiger partial charge in [0.05, 0.1) is 22.1 Å². The van der Waals surface area contributed by atoms with Gasteiger partial charge in [-0.05, 0) is 111 Å². The summed E-state index contributed by atoms with van der Waals surface area (Å²) >= 11 is 0. The first kappa shape index (κ1) is 36.4.